The summed E-state index contributed by atoms with van der Waals surface area (Å²) in [4.78, 5) is 57.9. The summed E-state index contributed by atoms with van der Waals surface area (Å²) in [6.07, 6.45) is 1.03. The lowest BCUT2D eigenvalue weighted by Gasteiger charge is -2.40. The number of hydrogen-bond acceptors (Lipinski definition) is 12. The monoisotopic (exact) mass is 598 g/mol. The molecule has 0 bridgehead atoms. The predicted molar refractivity (Wildman–Crippen MR) is 160 cm³/mol. The molecule has 2 atom stereocenters. The number of nitrogens with zero attached hydrogens (tertiary/aromatic N) is 4. The Kier molecular flexibility index (Phi) is 17.5. The predicted octanol–water partition coefficient (Wildman–Crippen LogP) is -2.47. The van der Waals surface area contributed by atoms with E-state index < -0.39 is 24.0 Å². The van der Waals surface area contributed by atoms with Crippen molar-refractivity contribution in [2.45, 2.75) is 52.0 Å². The number of ether oxygens (including phenoxy) is 2. The molecule has 2 saturated heterocycles. The Morgan fingerprint density at radius 3 is 1.02 bits per heavy atom. The van der Waals surface area contributed by atoms with Gasteiger partial charge in [0.25, 0.3) is 0 Å². The normalized spacial score (nSPS) is 21.7. The quantitative estimate of drug-likeness (QED) is 0.165. The molecule has 2 rings (SSSR count). The molecule has 2 amide bonds. The molecule has 0 saturated carbocycles. The van der Waals surface area contributed by atoms with E-state index in [1.807, 2.05) is 9.80 Å². The molecule has 4 N–H and O–H groups in total. The van der Waals surface area contributed by atoms with E-state index in [1.54, 1.807) is 37.5 Å². The van der Waals surface area contributed by atoms with E-state index in [0.29, 0.717) is 105 Å². The zero-order valence-electron chi connectivity index (χ0n) is 26.0. The van der Waals surface area contributed by atoms with Crippen LogP contribution in [0.15, 0.2) is 0 Å². The van der Waals surface area contributed by atoms with Crippen LogP contribution in [0.5, 0.6) is 0 Å². The second-order valence-corrected chi connectivity index (χ2v) is 11.2. The third-order valence-corrected chi connectivity index (χ3v) is 7.18. The molecule has 2 aliphatic rings. The van der Waals surface area contributed by atoms with Crippen molar-refractivity contribution in [3.05, 3.63) is 0 Å². The highest BCUT2D eigenvalue weighted by molar-refractivity contribution is 5.87. The molecular formula is C28H54N8O6. The minimum absolute atomic E-state index is 0.352. The zero-order valence-corrected chi connectivity index (χ0v) is 26.0. The van der Waals surface area contributed by atoms with Crippen molar-refractivity contribution in [2.24, 2.45) is 0 Å². The standard InChI is InChI=1S/C28H54N8O6/c1-23(2)41-27(39)25(35-17-9-29-5-13-33(21-37)14-6-30-10-18-35)26(28(40)42-24(3)4)36-19-11-31-7-15-34(22-38)16-8-32-12-20-36/h21-26,29-32H,5-20H2,1-4H3. The van der Waals surface area contributed by atoms with Gasteiger partial charge in [0.1, 0.15) is 12.1 Å². The van der Waals surface area contributed by atoms with Gasteiger partial charge in [0.05, 0.1) is 12.2 Å². The van der Waals surface area contributed by atoms with Crippen molar-refractivity contribution < 1.29 is 28.7 Å². The lowest BCUT2D eigenvalue weighted by atomic mass is 10.0. The maximum atomic E-state index is 13.9. The van der Waals surface area contributed by atoms with Crippen molar-refractivity contribution in [3.8, 4) is 0 Å². The molecule has 0 aromatic heterocycles. The van der Waals surface area contributed by atoms with E-state index in [2.05, 4.69) is 21.3 Å². The SMILES string of the molecule is CC(C)OC(=O)C(C(C(=O)OC(C)C)N1CCNCCN(C=O)CCNCC1)N1CCNCCN(C=O)CCNCC1. The number of amides is 2. The summed E-state index contributed by atoms with van der Waals surface area (Å²) >= 11 is 0. The van der Waals surface area contributed by atoms with Crippen molar-refractivity contribution in [1.82, 2.24) is 40.9 Å². The Bertz CT molecular complexity index is 712. The fraction of sp³-hybridized carbons (Fsp3) is 0.857. The van der Waals surface area contributed by atoms with Crippen LogP contribution in [0, 0.1) is 0 Å². The highest BCUT2D eigenvalue weighted by Gasteiger charge is 2.44. The van der Waals surface area contributed by atoms with Crippen molar-refractivity contribution in [2.75, 3.05) is 105 Å². The fourth-order valence-electron chi connectivity index (χ4n) is 5.06. The highest BCUT2D eigenvalue weighted by Crippen LogP contribution is 2.18. The van der Waals surface area contributed by atoms with Gasteiger partial charge in [-0.1, -0.05) is 0 Å². The van der Waals surface area contributed by atoms with E-state index in [-0.39, 0.29) is 12.2 Å². The third kappa shape index (κ3) is 13.3. The van der Waals surface area contributed by atoms with Gasteiger partial charge in [-0.25, -0.2) is 0 Å². The zero-order chi connectivity index (χ0) is 30.7. The van der Waals surface area contributed by atoms with Crippen LogP contribution in [0.3, 0.4) is 0 Å². The maximum absolute atomic E-state index is 13.9. The molecule has 14 nitrogen and oxygen atoms in total. The first-order valence-electron chi connectivity index (χ1n) is 15.4. The van der Waals surface area contributed by atoms with Crippen molar-refractivity contribution in [3.63, 3.8) is 0 Å². The Balaban J connectivity index is 2.38. The van der Waals surface area contributed by atoms with E-state index in [0.717, 1.165) is 12.8 Å². The number of esters is 2. The topological polar surface area (TPSA) is 148 Å². The van der Waals surface area contributed by atoms with Gasteiger partial charge in [-0.15, -0.1) is 0 Å². The molecule has 0 aliphatic carbocycles. The first kappa shape index (κ1) is 35.8. The van der Waals surface area contributed by atoms with Crippen LogP contribution >= 0.6 is 0 Å². The number of rotatable bonds is 9. The van der Waals surface area contributed by atoms with Gasteiger partial charge in [0.2, 0.25) is 12.8 Å². The summed E-state index contributed by atoms with van der Waals surface area (Å²) in [6, 6.07) is -1.79. The van der Waals surface area contributed by atoms with Crippen molar-refractivity contribution >= 4 is 24.8 Å². The number of nitrogens with one attached hydrogen (secondary N) is 4. The van der Waals surface area contributed by atoms with Crippen LogP contribution in [0.2, 0.25) is 0 Å². The second-order valence-electron chi connectivity index (χ2n) is 11.2. The largest absolute Gasteiger partial charge is 0.462 e. The van der Waals surface area contributed by atoms with E-state index in [1.165, 1.54) is 0 Å². The molecule has 242 valence electrons. The molecule has 14 heteroatoms. The number of hydrogen-bond donors (Lipinski definition) is 4. The molecule has 2 aliphatic heterocycles. The molecule has 42 heavy (non-hydrogen) atoms. The summed E-state index contributed by atoms with van der Waals surface area (Å²) < 4.78 is 11.6. The summed E-state index contributed by atoms with van der Waals surface area (Å²) in [6.45, 7) is 16.3. The van der Waals surface area contributed by atoms with Crippen LogP contribution < -0.4 is 21.3 Å². The van der Waals surface area contributed by atoms with Crippen molar-refractivity contribution in [1.29, 1.82) is 0 Å². The average molecular weight is 599 g/mol. The van der Waals surface area contributed by atoms with Gasteiger partial charge in [-0.2, -0.15) is 0 Å². The summed E-state index contributed by atoms with van der Waals surface area (Å²) in [5.74, 6) is -0.910. The van der Waals surface area contributed by atoms with Crippen LogP contribution in [-0.2, 0) is 28.7 Å². The summed E-state index contributed by atoms with van der Waals surface area (Å²) in [5, 5.41) is 13.5. The van der Waals surface area contributed by atoms with Crippen LogP contribution in [0.25, 0.3) is 0 Å². The lowest BCUT2D eigenvalue weighted by Crippen LogP contribution is -2.63. The van der Waals surface area contributed by atoms with Gasteiger partial charge in [0.15, 0.2) is 0 Å². The number of carbonyl (C=O) groups excluding carboxylic acids is 4. The van der Waals surface area contributed by atoms with E-state index in [4.69, 9.17) is 9.47 Å². The van der Waals surface area contributed by atoms with E-state index in [9.17, 15) is 19.2 Å². The lowest BCUT2D eigenvalue weighted by molar-refractivity contribution is -0.168. The molecule has 0 aromatic rings. The summed E-state index contributed by atoms with van der Waals surface area (Å²) in [7, 11) is 0. The van der Waals surface area contributed by atoms with Crippen LogP contribution in [0.1, 0.15) is 27.7 Å². The molecule has 0 radical (unpaired) electrons. The fourth-order valence-corrected chi connectivity index (χ4v) is 5.06. The molecule has 0 spiro atoms. The van der Waals surface area contributed by atoms with Crippen LogP contribution in [-0.4, -0.2) is 173 Å². The minimum atomic E-state index is -0.893. The smallest absolute Gasteiger partial charge is 0.325 e. The molecule has 0 aromatic carbocycles. The first-order valence-corrected chi connectivity index (χ1v) is 15.4. The second kappa shape index (κ2) is 20.5. The Morgan fingerprint density at radius 1 is 0.524 bits per heavy atom. The van der Waals surface area contributed by atoms with Gasteiger partial charge in [0, 0.05) is 105 Å². The Labute approximate surface area is 251 Å². The van der Waals surface area contributed by atoms with Crippen LogP contribution in [0.4, 0.5) is 0 Å². The van der Waals surface area contributed by atoms with Gasteiger partial charge in [-0.05, 0) is 27.7 Å². The minimum Gasteiger partial charge on any atom is -0.462 e. The Hall–Kier alpha value is -2.36. The number of carbonyl (C=O) groups is 4. The summed E-state index contributed by atoms with van der Waals surface area (Å²) in [5.41, 5.74) is 0. The van der Waals surface area contributed by atoms with E-state index >= 15 is 0 Å². The first-order chi connectivity index (χ1) is 20.3. The third-order valence-electron chi connectivity index (χ3n) is 7.18. The van der Waals surface area contributed by atoms with Gasteiger partial charge < -0.3 is 40.5 Å². The highest BCUT2D eigenvalue weighted by atomic mass is 16.6. The average Bonchev–Trinajstić information content (AvgIpc) is 2.92. The van der Waals surface area contributed by atoms with Gasteiger partial charge >= 0.3 is 11.9 Å². The molecule has 2 fully saturated rings. The maximum Gasteiger partial charge on any atom is 0.325 e. The molecule has 2 unspecified atom stereocenters. The molecular weight excluding hydrogens is 544 g/mol. The van der Waals surface area contributed by atoms with Gasteiger partial charge in [-0.3, -0.25) is 29.0 Å². The Morgan fingerprint density at radius 2 is 0.786 bits per heavy atom. The molecule has 2 heterocycles.